The molecule has 0 spiro atoms. The minimum absolute atomic E-state index is 0.0223. The summed E-state index contributed by atoms with van der Waals surface area (Å²) in [5.74, 6) is 0. The molecule has 53 heavy (non-hydrogen) atoms. The molecule has 11 rings (SSSR count). The third-order valence-electron chi connectivity index (χ3n) is 11.8. The molecule has 3 nitrogen and oxygen atoms in total. The summed E-state index contributed by atoms with van der Waals surface area (Å²) in [5.41, 5.74) is 13.9. The van der Waals surface area contributed by atoms with Crippen molar-refractivity contribution in [3.05, 3.63) is 151 Å². The molecule has 3 heteroatoms. The van der Waals surface area contributed by atoms with Gasteiger partial charge < -0.3 is 13.7 Å². The van der Waals surface area contributed by atoms with Crippen LogP contribution in [-0.4, -0.2) is 8.80 Å². The Morgan fingerprint density at radius 2 is 0.925 bits per heavy atom. The Kier molecular flexibility index (Phi) is 5.93. The first-order valence-electron chi connectivity index (χ1n) is 18.9. The van der Waals surface area contributed by atoms with E-state index in [1.807, 2.05) is 0 Å². The van der Waals surface area contributed by atoms with Crippen LogP contribution in [0.15, 0.2) is 140 Å². The minimum atomic E-state index is -0.0223. The number of hydrogen-bond acceptors (Lipinski definition) is 1. The van der Waals surface area contributed by atoms with Gasteiger partial charge in [0, 0.05) is 54.5 Å². The maximum absolute atomic E-state index is 2.56. The Bertz CT molecular complexity index is 3180. The molecule has 0 atom stereocenters. The van der Waals surface area contributed by atoms with Crippen LogP contribution in [-0.2, 0) is 10.8 Å². The number of nitrogens with zero attached hydrogens (tertiary/aromatic N) is 3. The van der Waals surface area contributed by atoms with E-state index in [0.29, 0.717) is 0 Å². The van der Waals surface area contributed by atoms with Crippen LogP contribution in [0.3, 0.4) is 0 Å². The lowest BCUT2D eigenvalue weighted by Crippen LogP contribution is -2.11. The van der Waals surface area contributed by atoms with Gasteiger partial charge in [0.25, 0.3) is 0 Å². The predicted molar refractivity (Wildman–Crippen MR) is 228 cm³/mol. The van der Waals surface area contributed by atoms with Gasteiger partial charge in [0.15, 0.2) is 0 Å². The van der Waals surface area contributed by atoms with Crippen LogP contribution in [0.5, 0.6) is 0 Å². The summed E-state index contributed by atoms with van der Waals surface area (Å²) in [4.78, 5) is 2.45. The molecule has 256 valence electrons. The quantitative estimate of drug-likeness (QED) is 0.180. The van der Waals surface area contributed by atoms with Crippen LogP contribution >= 0.6 is 0 Å². The zero-order valence-electron chi connectivity index (χ0n) is 31.1. The number of aromatic nitrogens is 2. The monoisotopic (exact) mass is 683 g/mol. The fourth-order valence-electron chi connectivity index (χ4n) is 9.28. The fourth-order valence-corrected chi connectivity index (χ4v) is 9.28. The van der Waals surface area contributed by atoms with Gasteiger partial charge in [-0.1, -0.05) is 108 Å². The van der Waals surface area contributed by atoms with Crippen LogP contribution in [0.4, 0.5) is 17.1 Å². The van der Waals surface area contributed by atoms with E-state index in [-0.39, 0.29) is 10.8 Å². The molecule has 7 aromatic carbocycles. The van der Waals surface area contributed by atoms with Crippen LogP contribution in [0.25, 0.3) is 76.2 Å². The van der Waals surface area contributed by atoms with Crippen molar-refractivity contribution in [2.24, 2.45) is 0 Å². The van der Waals surface area contributed by atoms with Crippen molar-refractivity contribution in [3.63, 3.8) is 0 Å². The van der Waals surface area contributed by atoms with Gasteiger partial charge in [-0.3, -0.25) is 0 Å². The van der Waals surface area contributed by atoms with E-state index in [1.165, 1.54) is 93.0 Å². The topological polar surface area (TPSA) is 12.1 Å². The van der Waals surface area contributed by atoms with E-state index in [4.69, 9.17) is 0 Å². The molecule has 4 aromatic heterocycles. The largest absolute Gasteiger partial charge is 0.310 e. The van der Waals surface area contributed by atoms with Crippen molar-refractivity contribution in [2.45, 2.75) is 52.4 Å². The number of rotatable bonds is 3. The van der Waals surface area contributed by atoms with E-state index < -0.39 is 0 Å². The number of anilines is 3. The Labute approximate surface area is 309 Å². The maximum atomic E-state index is 2.56. The highest BCUT2D eigenvalue weighted by Gasteiger charge is 2.29. The van der Waals surface area contributed by atoms with Crippen molar-refractivity contribution in [3.8, 4) is 0 Å². The van der Waals surface area contributed by atoms with Crippen molar-refractivity contribution in [1.29, 1.82) is 0 Å². The molecule has 0 aliphatic heterocycles. The van der Waals surface area contributed by atoms with Crippen molar-refractivity contribution >= 4 is 93.3 Å². The Morgan fingerprint density at radius 1 is 0.377 bits per heavy atom. The highest BCUT2D eigenvalue weighted by Crippen LogP contribution is 2.52. The first-order valence-corrected chi connectivity index (χ1v) is 18.9. The molecule has 0 saturated carbocycles. The molecule has 0 saturated heterocycles. The predicted octanol–water partition coefficient (Wildman–Crippen LogP) is 14.1. The van der Waals surface area contributed by atoms with Crippen LogP contribution < -0.4 is 4.90 Å². The zero-order chi connectivity index (χ0) is 36.0. The lowest BCUT2D eigenvalue weighted by molar-refractivity contribution is 0.590. The lowest BCUT2D eigenvalue weighted by atomic mass is 9.84. The molecule has 0 bridgehead atoms. The molecule has 0 unspecified atom stereocenters. The van der Waals surface area contributed by atoms with E-state index in [2.05, 4.69) is 195 Å². The summed E-state index contributed by atoms with van der Waals surface area (Å²) in [6.45, 7) is 14.0. The van der Waals surface area contributed by atoms with Crippen molar-refractivity contribution in [1.82, 2.24) is 8.80 Å². The second-order valence-electron chi connectivity index (χ2n) is 17.1. The average molecular weight is 684 g/mol. The highest BCUT2D eigenvalue weighted by atomic mass is 15.1. The molecule has 0 N–H and O–H groups in total. The summed E-state index contributed by atoms with van der Waals surface area (Å²) in [7, 11) is 0. The third-order valence-corrected chi connectivity index (χ3v) is 11.8. The summed E-state index contributed by atoms with van der Waals surface area (Å²) in [5, 5.41) is 10.5. The number of fused-ring (bicyclic) bond motifs is 13. The zero-order valence-corrected chi connectivity index (χ0v) is 31.1. The summed E-state index contributed by atoms with van der Waals surface area (Å²) in [6.07, 6.45) is 0. The van der Waals surface area contributed by atoms with E-state index in [0.717, 1.165) is 11.4 Å². The molecule has 0 amide bonds. The van der Waals surface area contributed by atoms with Crippen molar-refractivity contribution < 1.29 is 0 Å². The number of para-hydroxylation sites is 3. The van der Waals surface area contributed by atoms with Gasteiger partial charge in [0.2, 0.25) is 0 Å². The Hall–Kier alpha value is -6.06. The smallest absolute Gasteiger partial charge is 0.0641 e. The van der Waals surface area contributed by atoms with E-state index in [1.54, 1.807) is 0 Å². The second kappa shape index (κ2) is 10.3. The molecule has 0 aliphatic rings. The van der Waals surface area contributed by atoms with Gasteiger partial charge in [0.05, 0.1) is 38.8 Å². The molecule has 11 aromatic rings. The number of hydrogen-bond donors (Lipinski definition) is 0. The van der Waals surface area contributed by atoms with Gasteiger partial charge >= 0.3 is 0 Å². The molecule has 0 fully saturated rings. The molecular formula is C50H41N3. The second-order valence-corrected chi connectivity index (χ2v) is 17.1. The molecule has 0 radical (unpaired) electrons. The molecular weight excluding hydrogens is 643 g/mol. The number of benzene rings is 7. The normalized spacial score (nSPS) is 13.1. The Balaban J connectivity index is 1.40. The Morgan fingerprint density at radius 3 is 1.60 bits per heavy atom. The van der Waals surface area contributed by atoms with Gasteiger partial charge in [-0.15, -0.1) is 0 Å². The van der Waals surface area contributed by atoms with Gasteiger partial charge in [-0.25, -0.2) is 0 Å². The van der Waals surface area contributed by atoms with E-state index >= 15 is 0 Å². The molecule has 0 aliphatic carbocycles. The minimum Gasteiger partial charge on any atom is -0.310 e. The molecule has 4 heterocycles. The highest BCUT2D eigenvalue weighted by molar-refractivity contribution is 6.37. The summed E-state index contributed by atoms with van der Waals surface area (Å²) in [6, 6.07) is 52.2. The van der Waals surface area contributed by atoms with Gasteiger partial charge in [-0.05, 0) is 94.8 Å². The standard InChI is InChI=1S/C50H41N3/c1-49(2,3)30-21-23-40-36(27-30)37-28-31(50(4,5)6)29-38-44-41(52(40)47(37)38)25-26-42-45(44)46-43(24-22-35-34-19-13-14-20-39(34)53(42)48(35)46)51(32-15-9-7-10-16-32)33-17-11-8-12-18-33/h7-29H,1-6H3. The summed E-state index contributed by atoms with van der Waals surface area (Å²) < 4.78 is 5.10. The van der Waals surface area contributed by atoms with Crippen molar-refractivity contribution in [2.75, 3.05) is 4.90 Å². The van der Waals surface area contributed by atoms with Crippen LogP contribution in [0.2, 0.25) is 0 Å². The average Bonchev–Trinajstić information content (AvgIpc) is 3.88. The van der Waals surface area contributed by atoms with Crippen LogP contribution in [0, 0.1) is 0 Å². The van der Waals surface area contributed by atoms with E-state index in [9.17, 15) is 0 Å². The SMILES string of the molecule is CC(C)(C)c1ccc2c(c1)c1cc(C(C)(C)C)cc3c4c5c6c(N(c7ccccc7)c7ccccc7)ccc7c8ccccc8n(c5ccc4n2c13)c76. The third kappa shape index (κ3) is 4.05. The first-order chi connectivity index (χ1) is 25.6. The first kappa shape index (κ1) is 30.6. The lowest BCUT2D eigenvalue weighted by Gasteiger charge is -2.26. The van der Waals surface area contributed by atoms with Crippen LogP contribution in [0.1, 0.15) is 52.7 Å². The van der Waals surface area contributed by atoms with Gasteiger partial charge in [-0.2, -0.15) is 0 Å². The maximum Gasteiger partial charge on any atom is 0.0641 e. The summed E-state index contributed by atoms with van der Waals surface area (Å²) >= 11 is 0. The van der Waals surface area contributed by atoms with Gasteiger partial charge in [0.1, 0.15) is 0 Å². The fraction of sp³-hybridized carbons (Fsp3) is 0.160.